The molecule has 0 saturated heterocycles. The van der Waals surface area contributed by atoms with Gasteiger partial charge in [-0.05, 0) is 23.3 Å². The minimum Gasteiger partial charge on any atom is -0.480 e. The number of carboxylic acid groups (broad SMARTS) is 1. The molecule has 0 bridgehead atoms. The van der Waals surface area contributed by atoms with E-state index in [9.17, 15) is 19.1 Å². The Labute approximate surface area is 131 Å². The maximum absolute atomic E-state index is 13.5. The number of carboxylic acids is 1. The summed E-state index contributed by atoms with van der Waals surface area (Å²) in [5, 5.41) is 9.32. The largest absolute Gasteiger partial charge is 0.480 e. The van der Waals surface area contributed by atoms with Crippen LogP contribution in [0, 0.1) is 5.82 Å². The molecule has 0 radical (unpaired) electrons. The van der Waals surface area contributed by atoms with Gasteiger partial charge < -0.3 is 9.84 Å². The van der Waals surface area contributed by atoms with Crippen molar-refractivity contribution < 1.29 is 23.8 Å². The molecule has 3 rings (SSSR count). The second-order valence-corrected chi connectivity index (χ2v) is 5.24. The lowest BCUT2D eigenvalue weighted by Gasteiger charge is -2.22. The first-order valence-electron chi connectivity index (χ1n) is 7.07. The Morgan fingerprint density at radius 2 is 1.96 bits per heavy atom. The van der Waals surface area contributed by atoms with Crippen LogP contribution in [0.1, 0.15) is 11.1 Å². The number of hydrogen-bond donors (Lipinski definition) is 1. The molecule has 1 atom stereocenters. The maximum atomic E-state index is 13.5. The van der Waals surface area contributed by atoms with Gasteiger partial charge in [-0.15, -0.1) is 0 Å². The van der Waals surface area contributed by atoms with Crippen molar-refractivity contribution in [3.05, 3.63) is 65.5 Å². The van der Waals surface area contributed by atoms with Crippen LogP contribution in [0.15, 0.2) is 48.5 Å². The first kappa shape index (κ1) is 15.0. The molecule has 1 aliphatic rings. The monoisotopic (exact) mass is 315 g/mol. The molecule has 6 heteroatoms. The molecule has 2 aromatic carbocycles. The van der Waals surface area contributed by atoms with E-state index in [1.807, 2.05) is 18.2 Å². The van der Waals surface area contributed by atoms with Crippen LogP contribution in [0.25, 0.3) is 0 Å². The number of aliphatic carboxylic acids is 1. The third-order valence-corrected chi connectivity index (χ3v) is 3.72. The van der Waals surface area contributed by atoms with E-state index in [-0.39, 0.29) is 18.7 Å². The average Bonchev–Trinajstić information content (AvgIpc) is 2.92. The molecular formula is C17H14FNO4. The fourth-order valence-corrected chi connectivity index (χ4v) is 2.61. The number of halogens is 1. The van der Waals surface area contributed by atoms with Gasteiger partial charge in [0.15, 0.2) is 0 Å². The highest BCUT2D eigenvalue weighted by Crippen LogP contribution is 2.33. The first-order chi connectivity index (χ1) is 11.1. The van der Waals surface area contributed by atoms with E-state index in [0.29, 0.717) is 5.56 Å². The van der Waals surface area contributed by atoms with E-state index in [2.05, 4.69) is 0 Å². The fraction of sp³-hybridized carbons (Fsp3) is 0.176. The second kappa shape index (κ2) is 6.08. The molecular weight excluding hydrogens is 301 g/mol. The minimum atomic E-state index is -1.15. The van der Waals surface area contributed by atoms with Gasteiger partial charge in [-0.25, -0.2) is 14.0 Å². The molecule has 1 heterocycles. The van der Waals surface area contributed by atoms with Gasteiger partial charge in [0.25, 0.3) is 0 Å². The normalized spacial score (nSPS) is 16.0. The van der Waals surface area contributed by atoms with Crippen LogP contribution in [0.2, 0.25) is 0 Å². The van der Waals surface area contributed by atoms with Gasteiger partial charge >= 0.3 is 12.1 Å². The lowest BCUT2D eigenvalue weighted by molar-refractivity contribution is -0.138. The number of fused-ring (bicyclic) bond motifs is 1. The summed E-state index contributed by atoms with van der Waals surface area (Å²) in [5.41, 5.74) is 1.64. The summed E-state index contributed by atoms with van der Waals surface area (Å²) in [6.07, 6.45) is -0.670. The molecule has 0 aliphatic carbocycles. The highest BCUT2D eigenvalue weighted by molar-refractivity contribution is 5.98. The van der Waals surface area contributed by atoms with Crippen LogP contribution < -0.4 is 4.90 Å². The summed E-state index contributed by atoms with van der Waals surface area (Å²) in [6.45, 7) is 0.0210. The number of carbonyl (C=O) groups is 2. The average molecular weight is 315 g/mol. The van der Waals surface area contributed by atoms with Gasteiger partial charge in [0, 0.05) is 6.42 Å². The number of carbonyl (C=O) groups excluding carboxylic acids is 1. The summed E-state index contributed by atoms with van der Waals surface area (Å²) in [5.74, 6) is -1.69. The standard InChI is InChI=1S/C17H14FNO4/c18-13-7-6-12-8-15(16(20)21)19(14(12)9-13)17(22)23-10-11-4-2-1-3-5-11/h1-7,9,15H,8,10H2,(H,20,21). The van der Waals surface area contributed by atoms with Crippen molar-refractivity contribution in [3.8, 4) is 0 Å². The number of ether oxygens (including phenoxy) is 1. The fourth-order valence-electron chi connectivity index (χ4n) is 2.61. The Hall–Kier alpha value is -2.89. The predicted molar refractivity (Wildman–Crippen MR) is 80.6 cm³/mol. The molecule has 1 aliphatic heterocycles. The van der Waals surface area contributed by atoms with E-state index >= 15 is 0 Å². The minimum absolute atomic E-state index is 0.0210. The van der Waals surface area contributed by atoms with E-state index < -0.39 is 23.9 Å². The Morgan fingerprint density at radius 1 is 1.22 bits per heavy atom. The van der Waals surface area contributed by atoms with Crippen LogP contribution in [0.5, 0.6) is 0 Å². The smallest absolute Gasteiger partial charge is 0.415 e. The third kappa shape index (κ3) is 3.01. The lowest BCUT2D eigenvalue weighted by Crippen LogP contribution is -2.43. The van der Waals surface area contributed by atoms with E-state index in [0.717, 1.165) is 16.5 Å². The van der Waals surface area contributed by atoms with E-state index in [1.165, 1.54) is 12.1 Å². The van der Waals surface area contributed by atoms with E-state index in [4.69, 9.17) is 4.74 Å². The summed E-state index contributed by atoms with van der Waals surface area (Å²) in [6, 6.07) is 11.8. The summed E-state index contributed by atoms with van der Waals surface area (Å²) in [4.78, 5) is 24.7. The van der Waals surface area contributed by atoms with Crippen LogP contribution in [-0.4, -0.2) is 23.2 Å². The Balaban J connectivity index is 1.82. The number of hydrogen-bond acceptors (Lipinski definition) is 3. The highest BCUT2D eigenvalue weighted by Gasteiger charge is 2.39. The van der Waals surface area contributed by atoms with Crippen LogP contribution in [-0.2, 0) is 22.6 Å². The molecule has 0 aromatic heterocycles. The summed E-state index contributed by atoms with van der Waals surface area (Å²) >= 11 is 0. The quantitative estimate of drug-likeness (QED) is 0.945. The Morgan fingerprint density at radius 3 is 2.65 bits per heavy atom. The van der Waals surface area contributed by atoms with Gasteiger partial charge in [0.2, 0.25) is 0 Å². The molecule has 2 aromatic rings. The molecule has 0 saturated carbocycles. The molecule has 23 heavy (non-hydrogen) atoms. The molecule has 1 N–H and O–H groups in total. The van der Waals surface area contributed by atoms with Crippen LogP contribution in [0.3, 0.4) is 0 Å². The summed E-state index contributed by atoms with van der Waals surface area (Å²) < 4.78 is 18.6. The highest BCUT2D eigenvalue weighted by atomic mass is 19.1. The van der Waals surface area contributed by atoms with Crippen molar-refractivity contribution in [1.29, 1.82) is 0 Å². The number of rotatable bonds is 3. The van der Waals surface area contributed by atoms with Gasteiger partial charge in [-0.3, -0.25) is 4.90 Å². The Kier molecular flexibility index (Phi) is 3.97. The SMILES string of the molecule is O=C(O)C1Cc2ccc(F)cc2N1C(=O)OCc1ccccc1. The predicted octanol–water partition coefficient (Wildman–Crippen LogP) is 2.98. The molecule has 0 fully saturated rings. The molecule has 1 unspecified atom stereocenters. The van der Waals surface area contributed by atoms with Gasteiger partial charge in [-0.1, -0.05) is 36.4 Å². The van der Waals surface area contributed by atoms with E-state index in [1.54, 1.807) is 12.1 Å². The van der Waals surface area contributed by atoms with Gasteiger partial charge in [0.05, 0.1) is 5.69 Å². The van der Waals surface area contributed by atoms with Crippen molar-refractivity contribution in [2.45, 2.75) is 19.1 Å². The number of anilines is 1. The van der Waals surface area contributed by atoms with Crippen molar-refractivity contribution >= 4 is 17.7 Å². The van der Waals surface area contributed by atoms with Crippen molar-refractivity contribution in [1.82, 2.24) is 0 Å². The van der Waals surface area contributed by atoms with Crippen molar-refractivity contribution in [2.24, 2.45) is 0 Å². The van der Waals surface area contributed by atoms with Gasteiger partial charge in [-0.2, -0.15) is 0 Å². The molecule has 5 nitrogen and oxygen atoms in total. The molecule has 0 spiro atoms. The zero-order valence-electron chi connectivity index (χ0n) is 12.1. The third-order valence-electron chi connectivity index (χ3n) is 3.72. The van der Waals surface area contributed by atoms with Crippen molar-refractivity contribution in [2.75, 3.05) is 4.90 Å². The van der Waals surface area contributed by atoms with Crippen LogP contribution in [0.4, 0.5) is 14.9 Å². The number of amides is 1. The second-order valence-electron chi connectivity index (χ2n) is 5.24. The maximum Gasteiger partial charge on any atom is 0.415 e. The number of benzene rings is 2. The van der Waals surface area contributed by atoms with Crippen LogP contribution >= 0.6 is 0 Å². The zero-order chi connectivity index (χ0) is 16.4. The number of nitrogens with zero attached hydrogens (tertiary/aromatic N) is 1. The first-order valence-corrected chi connectivity index (χ1v) is 7.07. The topological polar surface area (TPSA) is 66.8 Å². The molecule has 118 valence electrons. The summed E-state index contributed by atoms with van der Waals surface area (Å²) in [7, 11) is 0. The van der Waals surface area contributed by atoms with Crippen molar-refractivity contribution in [3.63, 3.8) is 0 Å². The molecule has 1 amide bonds. The zero-order valence-corrected chi connectivity index (χ0v) is 12.1. The van der Waals surface area contributed by atoms with Gasteiger partial charge in [0.1, 0.15) is 18.5 Å². The Bertz CT molecular complexity index is 748. The lowest BCUT2D eigenvalue weighted by atomic mass is 10.1.